The van der Waals surface area contributed by atoms with E-state index < -0.39 is 0 Å². The van der Waals surface area contributed by atoms with Crippen LogP contribution >= 0.6 is 0 Å². The van der Waals surface area contributed by atoms with Crippen molar-refractivity contribution in [3.8, 4) is 5.75 Å². The van der Waals surface area contributed by atoms with E-state index in [1.54, 1.807) is 0 Å². The summed E-state index contributed by atoms with van der Waals surface area (Å²) in [5.41, 5.74) is 2.54. The smallest absolute Gasteiger partial charge is 0.260 e. The molecule has 0 aliphatic carbocycles. The fraction of sp³-hybridized carbons (Fsp3) is 0.381. The molecule has 126 valence electrons. The maximum atomic E-state index is 12.2. The van der Waals surface area contributed by atoms with Crippen LogP contribution in [0.4, 0.5) is 0 Å². The molecule has 0 radical (unpaired) electrons. The average Bonchev–Trinajstić information content (AvgIpc) is 2.91. The third-order valence-electron chi connectivity index (χ3n) is 4.50. The van der Waals surface area contributed by atoms with Crippen LogP contribution in [-0.4, -0.2) is 30.5 Å². The lowest BCUT2D eigenvalue weighted by atomic mass is 10.1. The van der Waals surface area contributed by atoms with Gasteiger partial charge in [0, 0.05) is 13.1 Å². The molecule has 24 heavy (non-hydrogen) atoms. The molecule has 0 N–H and O–H groups in total. The normalized spacial score (nSPS) is 14.9. The number of carbonyl (C=O) groups is 1. The van der Waals surface area contributed by atoms with Gasteiger partial charge < -0.3 is 9.64 Å². The number of hydrogen-bond acceptors (Lipinski definition) is 2. The van der Waals surface area contributed by atoms with Gasteiger partial charge in [0.25, 0.3) is 5.91 Å². The molecule has 1 fully saturated rings. The minimum Gasteiger partial charge on any atom is -0.484 e. The van der Waals surface area contributed by atoms with Gasteiger partial charge in [-0.15, -0.1) is 0 Å². The second kappa shape index (κ2) is 8.53. The van der Waals surface area contributed by atoms with Crippen LogP contribution in [0, 0.1) is 0 Å². The van der Waals surface area contributed by atoms with Crippen LogP contribution in [0.2, 0.25) is 0 Å². The summed E-state index contributed by atoms with van der Waals surface area (Å²) < 4.78 is 5.68. The van der Waals surface area contributed by atoms with E-state index in [0.29, 0.717) is 0 Å². The Hall–Kier alpha value is -2.29. The number of amides is 1. The Kier molecular flexibility index (Phi) is 5.89. The number of likely N-dealkylation sites (tertiary alicyclic amines) is 1. The molecule has 2 aromatic carbocycles. The van der Waals surface area contributed by atoms with Crippen molar-refractivity contribution >= 4 is 5.91 Å². The summed E-state index contributed by atoms with van der Waals surface area (Å²) in [6, 6.07) is 18.4. The molecule has 0 saturated carbocycles. The highest BCUT2D eigenvalue weighted by molar-refractivity contribution is 5.77. The number of carbonyl (C=O) groups excluding carboxylic acids is 1. The van der Waals surface area contributed by atoms with Crippen molar-refractivity contribution < 1.29 is 9.53 Å². The Morgan fingerprint density at radius 1 is 0.833 bits per heavy atom. The van der Waals surface area contributed by atoms with Gasteiger partial charge in [-0.2, -0.15) is 0 Å². The Labute approximate surface area is 144 Å². The molecular formula is C21H25NO2. The second-order valence-corrected chi connectivity index (χ2v) is 6.39. The molecule has 0 atom stereocenters. The number of rotatable bonds is 5. The summed E-state index contributed by atoms with van der Waals surface area (Å²) in [4.78, 5) is 14.2. The summed E-state index contributed by atoms with van der Waals surface area (Å²) in [6.07, 6.45) is 5.59. The monoisotopic (exact) mass is 323 g/mol. The first kappa shape index (κ1) is 16.6. The summed E-state index contributed by atoms with van der Waals surface area (Å²) >= 11 is 0. The predicted octanol–water partition coefficient (Wildman–Crippen LogP) is 4.06. The van der Waals surface area contributed by atoms with Crippen molar-refractivity contribution in [3.63, 3.8) is 0 Å². The summed E-state index contributed by atoms with van der Waals surface area (Å²) in [5.74, 6) is 0.861. The first-order valence-electron chi connectivity index (χ1n) is 8.85. The predicted molar refractivity (Wildman–Crippen MR) is 96.2 cm³/mol. The Balaban J connectivity index is 1.49. The van der Waals surface area contributed by atoms with E-state index in [4.69, 9.17) is 4.74 Å². The van der Waals surface area contributed by atoms with Crippen LogP contribution in [-0.2, 0) is 11.2 Å². The molecule has 1 saturated heterocycles. The van der Waals surface area contributed by atoms with Gasteiger partial charge in [-0.25, -0.2) is 0 Å². The molecule has 1 aliphatic heterocycles. The van der Waals surface area contributed by atoms with Gasteiger partial charge in [0.1, 0.15) is 5.75 Å². The minimum atomic E-state index is 0.102. The zero-order valence-electron chi connectivity index (χ0n) is 14.1. The Morgan fingerprint density at radius 3 is 2.12 bits per heavy atom. The van der Waals surface area contributed by atoms with Crippen LogP contribution in [0.3, 0.4) is 0 Å². The van der Waals surface area contributed by atoms with Gasteiger partial charge in [0.2, 0.25) is 0 Å². The fourth-order valence-electron chi connectivity index (χ4n) is 3.09. The van der Waals surface area contributed by atoms with E-state index in [9.17, 15) is 4.79 Å². The zero-order chi connectivity index (χ0) is 16.6. The first-order valence-corrected chi connectivity index (χ1v) is 8.85. The van der Waals surface area contributed by atoms with E-state index in [1.807, 2.05) is 23.1 Å². The number of benzene rings is 2. The van der Waals surface area contributed by atoms with Crippen LogP contribution in [0.15, 0.2) is 54.6 Å². The van der Waals surface area contributed by atoms with Gasteiger partial charge in [-0.1, -0.05) is 55.3 Å². The van der Waals surface area contributed by atoms with Gasteiger partial charge in [0.05, 0.1) is 0 Å². The summed E-state index contributed by atoms with van der Waals surface area (Å²) in [5, 5.41) is 0. The zero-order valence-corrected chi connectivity index (χ0v) is 14.1. The van der Waals surface area contributed by atoms with E-state index in [1.165, 1.54) is 24.0 Å². The van der Waals surface area contributed by atoms with E-state index in [0.717, 1.165) is 38.1 Å². The van der Waals surface area contributed by atoms with Crippen LogP contribution < -0.4 is 4.74 Å². The van der Waals surface area contributed by atoms with Gasteiger partial charge in [-0.3, -0.25) is 4.79 Å². The molecule has 1 heterocycles. The molecule has 0 aromatic heterocycles. The van der Waals surface area contributed by atoms with Crippen molar-refractivity contribution in [1.82, 2.24) is 4.90 Å². The molecule has 3 nitrogen and oxygen atoms in total. The standard InChI is InChI=1S/C21H25NO2/c23-21(22-14-6-1-2-7-15-22)17-24-20-12-10-19(11-13-20)16-18-8-4-3-5-9-18/h3-5,8-13H,1-2,6-7,14-17H2. The SMILES string of the molecule is O=C(COc1ccc(Cc2ccccc2)cc1)N1CCCCCC1. The maximum absolute atomic E-state index is 12.2. The molecule has 3 rings (SSSR count). The lowest BCUT2D eigenvalue weighted by Crippen LogP contribution is -2.35. The summed E-state index contributed by atoms with van der Waals surface area (Å²) in [6.45, 7) is 1.88. The van der Waals surface area contributed by atoms with Gasteiger partial charge in [-0.05, 0) is 42.5 Å². The van der Waals surface area contributed by atoms with Crippen molar-refractivity contribution in [3.05, 3.63) is 65.7 Å². The van der Waals surface area contributed by atoms with E-state index in [2.05, 4.69) is 36.4 Å². The first-order chi connectivity index (χ1) is 11.8. The molecule has 3 heteroatoms. The topological polar surface area (TPSA) is 29.5 Å². The van der Waals surface area contributed by atoms with E-state index >= 15 is 0 Å². The molecule has 0 spiro atoms. The quantitative estimate of drug-likeness (QED) is 0.830. The molecule has 1 amide bonds. The third-order valence-corrected chi connectivity index (χ3v) is 4.50. The maximum Gasteiger partial charge on any atom is 0.260 e. The highest BCUT2D eigenvalue weighted by Crippen LogP contribution is 2.16. The Morgan fingerprint density at radius 2 is 1.46 bits per heavy atom. The average molecular weight is 323 g/mol. The van der Waals surface area contributed by atoms with Crippen molar-refractivity contribution in [2.45, 2.75) is 32.1 Å². The molecule has 0 unspecified atom stereocenters. The Bertz CT molecular complexity index is 629. The van der Waals surface area contributed by atoms with Crippen molar-refractivity contribution in [1.29, 1.82) is 0 Å². The third kappa shape index (κ3) is 4.85. The lowest BCUT2D eigenvalue weighted by Gasteiger charge is -2.20. The van der Waals surface area contributed by atoms with Crippen LogP contribution in [0.25, 0.3) is 0 Å². The largest absolute Gasteiger partial charge is 0.484 e. The molecule has 1 aliphatic rings. The van der Waals surface area contributed by atoms with Crippen molar-refractivity contribution in [2.24, 2.45) is 0 Å². The molecular weight excluding hydrogens is 298 g/mol. The van der Waals surface area contributed by atoms with Crippen molar-refractivity contribution in [2.75, 3.05) is 19.7 Å². The lowest BCUT2D eigenvalue weighted by molar-refractivity contribution is -0.133. The highest BCUT2D eigenvalue weighted by atomic mass is 16.5. The minimum absolute atomic E-state index is 0.102. The van der Waals surface area contributed by atoms with Gasteiger partial charge >= 0.3 is 0 Å². The number of hydrogen-bond donors (Lipinski definition) is 0. The molecule has 2 aromatic rings. The second-order valence-electron chi connectivity index (χ2n) is 6.39. The van der Waals surface area contributed by atoms with E-state index in [-0.39, 0.29) is 12.5 Å². The number of nitrogens with zero attached hydrogens (tertiary/aromatic N) is 1. The number of ether oxygens (including phenoxy) is 1. The van der Waals surface area contributed by atoms with Gasteiger partial charge in [0.15, 0.2) is 6.61 Å². The fourth-order valence-corrected chi connectivity index (χ4v) is 3.09. The highest BCUT2D eigenvalue weighted by Gasteiger charge is 2.15. The van der Waals surface area contributed by atoms with Crippen LogP contribution in [0.5, 0.6) is 5.75 Å². The summed E-state index contributed by atoms with van der Waals surface area (Å²) in [7, 11) is 0. The molecule has 0 bridgehead atoms. The van der Waals surface area contributed by atoms with Crippen LogP contribution in [0.1, 0.15) is 36.8 Å².